The van der Waals surface area contributed by atoms with Crippen molar-refractivity contribution in [2.45, 2.75) is 127 Å². The van der Waals surface area contributed by atoms with Crippen molar-refractivity contribution in [2.75, 3.05) is 32.8 Å². The highest BCUT2D eigenvalue weighted by Crippen LogP contribution is 2.48. The minimum atomic E-state index is -4.64. The number of fused-ring (bicyclic) bond motifs is 2. The van der Waals surface area contributed by atoms with Crippen LogP contribution in [0.5, 0.6) is 0 Å². The lowest BCUT2D eigenvalue weighted by atomic mass is 9.81. The van der Waals surface area contributed by atoms with Crippen LogP contribution >= 0.6 is 0 Å². The number of nitrogens with one attached hydrogen (secondary N) is 1. The van der Waals surface area contributed by atoms with E-state index in [1.54, 1.807) is 0 Å². The topological polar surface area (TPSA) is 74.4 Å². The lowest BCUT2D eigenvalue weighted by Gasteiger charge is -2.49. The molecule has 8 nitrogen and oxygen atoms in total. The van der Waals surface area contributed by atoms with E-state index in [1.165, 1.54) is 0 Å². The number of piperidine rings is 1. The zero-order chi connectivity index (χ0) is 32.5. The average Bonchev–Trinajstić information content (AvgIpc) is 3.43. The van der Waals surface area contributed by atoms with E-state index < -0.39 is 12.5 Å². The Morgan fingerprint density at radius 1 is 1.00 bits per heavy atom. The Bertz CT molecular complexity index is 1170. The van der Waals surface area contributed by atoms with Crippen molar-refractivity contribution in [3.05, 3.63) is 35.9 Å². The molecule has 46 heavy (non-hydrogen) atoms. The number of alkyl halides is 3. The summed E-state index contributed by atoms with van der Waals surface area (Å²) in [5.74, 6) is 0.116. The van der Waals surface area contributed by atoms with E-state index in [1.807, 2.05) is 30.3 Å². The molecule has 3 atom stereocenters. The molecule has 0 radical (unpaired) electrons. The van der Waals surface area contributed by atoms with E-state index in [0.29, 0.717) is 30.8 Å². The number of carbonyl (C=O) groups excluding carboxylic acids is 2. The molecule has 5 aliphatic rings. The fourth-order valence-electron chi connectivity index (χ4n) is 9.32. The first-order valence-corrected chi connectivity index (χ1v) is 17.5. The van der Waals surface area contributed by atoms with Gasteiger partial charge in [-0.05, 0) is 96.0 Å². The molecule has 5 fully saturated rings. The van der Waals surface area contributed by atoms with Gasteiger partial charge in [-0.2, -0.15) is 0 Å². The second-order valence-electron chi connectivity index (χ2n) is 14.7. The Balaban J connectivity index is 1.09. The number of halogens is 3. The van der Waals surface area contributed by atoms with Gasteiger partial charge < -0.3 is 19.9 Å². The molecular formula is C35H51F3N4O4. The van der Waals surface area contributed by atoms with Crippen LogP contribution in [0.2, 0.25) is 0 Å². The Labute approximate surface area is 271 Å². The van der Waals surface area contributed by atoms with Crippen LogP contribution in [-0.2, 0) is 14.3 Å². The van der Waals surface area contributed by atoms with Gasteiger partial charge in [0.1, 0.15) is 0 Å². The molecule has 4 heterocycles. The van der Waals surface area contributed by atoms with Crippen molar-refractivity contribution >= 4 is 11.9 Å². The summed E-state index contributed by atoms with van der Waals surface area (Å²) < 4.78 is 47.8. The number of nitrogens with zero attached hydrogens (tertiary/aromatic N) is 3. The predicted molar refractivity (Wildman–Crippen MR) is 168 cm³/mol. The number of rotatable bonds is 10. The van der Waals surface area contributed by atoms with Gasteiger partial charge in [-0.3, -0.25) is 14.4 Å². The number of amides is 3. The fourth-order valence-corrected chi connectivity index (χ4v) is 9.32. The van der Waals surface area contributed by atoms with Crippen LogP contribution in [-0.4, -0.2) is 95.6 Å². The normalized spacial score (nSPS) is 31.7. The van der Waals surface area contributed by atoms with E-state index in [-0.39, 0.29) is 48.3 Å². The zero-order valence-corrected chi connectivity index (χ0v) is 27.4. The molecule has 2 unspecified atom stereocenters. The molecule has 4 saturated heterocycles. The summed E-state index contributed by atoms with van der Waals surface area (Å²) in [5.41, 5.74) is 0.905. The molecule has 1 aromatic carbocycles. The molecule has 0 aromatic heterocycles. The molecule has 4 aliphatic heterocycles. The number of ether oxygens (including phenoxy) is 2. The molecule has 3 amide bonds. The van der Waals surface area contributed by atoms with Gasteiger partial charge in [0.2, 0.25) is 5.91 Å². The van der Waals surface area contributed by atoms with Crippen molar-refractivity contribution in [3.8, 4) is 0 Å². The van der Waals surface area contributed by atoms with Crippen LogP contribution in [0.3, 0.4) is 0 Å². The van der Waals surface area contributed by atoms with E-state index in [4.69, 9.17) is 4.74 Å². The van der Waals surface area contributed by atoms with E-state index in [2.05, 4.69) is 38.6 Å². The fraction of sp³-hybridized carbons (Fsp3) is 0.771. The Hall–Kier alpha value is -2.37. The van der Waals surface area contributed by atoms with Gasteiger partial charge in [0.25, 0.3) is 0 Å². The summed E-state index contributed by atoms with van der Waals surface area (Å²) in [6, 6.07) is 10.9. The maximum atomic E-state index is 13.8. The van der Waals surface area contributed by atoms with Crippen molar-refractivity contribution in [1.29, 1.82) is 0 Å². The highest BCUT2D eigenvalue weighted by molar-refractivity contribution is 5.79. The monoisotopic (exact) mass is 648 g/mol. The minimum Gasteiger partial charge on any atom is -0.381 e. The number of carbonyl (C=O) groups is 2. The molecule has 11 heteroatoms. The van der Waals surface area contributed by atoms with Crippen molar-refractivity contribution < 1.29 is 32.2 Å². The average molecular weight is 649 g/mol. The Morgan fingerprint density at radius 3 is 2.26 bits per heavy atom. The van der Waals surface area contributed by atoms with Crippen LogP contribution < -0.4 is 5.32 Å². The lowest BCUT2D eigenvalue weighted by Crippen LogP contribution is -2.60. The molecule has 256 valence electrons. The first-order valence-electron chi connectivity index (χ1n) is 17.5. The first kappa shape index (κ1) is 33.5. The quantitative estimate of drug-likeness (QED) is 0.324. The molecule has 2 bridgehead atoms. The summed E-state index contributed by atoms with van der Waals surface area (Å²) in [7, 11) is 0. The largest absolute Gasteiger partial charge is 0.522 e. The molecule has 1 N–H and O–H groups in total. The highest BCUT2D eigenvalue weighted by atomic mass is 19.4. The molecule has 6 rings (SSSR count). The van der Waals surface area contributed by atoms with Gasteiger partial charge in [-0.1, -0.05) is 30.3 Å². The van der Waals surface area contributed by atoms with Crippen LogP contribution in [0.1, 0.15) is 96.1 Å². The van der Waals surface area contributed by atoms with E-state index >= 15 is 0 Å². The molecule has 1 aromatic rings. The summed E-state index contributed by atoms with van der Waals surface area (Å²) in [6.07, 6.45) is 2.72. The van der Waals surface area contributed by atoms with Crippen molar-refractivity contribution in [3.63, 3.8) is 0 Å². The van der Waals surface area contributed by atoms with Crippen molar-refractivity contribution in [2.24, 2.45) is 11.8 Å². The van der Waals surface area contributed by atoms with Crippen LogP contribution in [0, 0.1) is 11.8 Å². The van der Waals surface area contributed by atoms with Gasteiger partial charge >= 0.3 is 12.4 Å². The number of benzene rings is 1. The SMILES string of the molecule is CC(C)N1C(=O)N(CC2CCOCC2)CC12CC1CCC(C2)N1CC[C@H](NC(=O)C1CCC(OC(F)(F)F)CC1)c1ccccc1. The predicted octanol–water partition coefficient (Wildman–Crippen LogP) is 6.27. The standard InChI is InChI=1S/C35H51F3N4O4/c1-24(2)42-33(44)40(22-25-15-18-45-19-16-25)23-34(42)20-28-10-11-29(21-34)41(28)17-14-31(26-6-4-3-5-7-26)39-32(43)27-8-12-30(13-9-27)46-35(36,37)38/h3-7,24-25,27-31H,8-23H2,1-2H3,(H,39,43)/t27?,28?,29?,30?,31-,34?/m0/s1. The molecule has 1 saturated carbocycles. The summed E-state index contributed by atoms with van der Waals surface area (Å²) >= 11 is 0. The minimum absolute atomic E-state index is 0.0819. The molecular weight excluding hydrogens is 597 g/mol. The van der Waals surface area contributed by atoms with Crippen LogP contribution in [0.4, 0.5) is 18.0 Å². The second-order valence-corrected chi connectivity index (χ2v) is 14.7. The summed E-state index contributed by atoms with van der Waals surface area (Å²) in [5, 5.41) is 3.28. The van der Waals surface area contributed by atoms with Gasteiger partial charge in [0.05, 0.1) is 17.7 Å². The van der Waals surface area contributed by atoms with Gasteiger partial charge in [0.15, 0.2) is 0 Å². The van der Waals surface area contributed by atoms with Gasteiger partial charge in [-0.15, -0.1) is 13.2 Å². The van der Waals surface area contributed by atoms with E-state index in [9.17, 15) is 22.8 Å². The first-order chi connectivity index (χ1) is 22.0. The third kappa shape index (κ3) is 7.51. The highest BCUT2D eigenvalue weighted by Gasteiger charge is 2.57. The number of hydrogen-bond acceptors (Lipinski definition) is 5. The maximum absolute atomic E-state index is 13.8. The Kier molecular flexibility index (Phi) is 10.2. The van der Waals surface area contributed by atoms with Crippen LogP contribution in [0.15, 0.2) is 30.3 Å². The maximum Gasteiger partial charge on any atom is 0.522 e. The summed E-state index contributed by atoms with van der Waals surface area (Å²) in [4.78, 5) is 34.2. The van der Waals surface area contributed by atoms with Gasteiger partial charge in [0, 0.05) is 56.9 Å². The second kappa shape index (κ2) is 14.0. The lowest BCUT2D eigenvalue weighted by molar-refractivity contribution is -0.345. The van der Waals surface area contributed by atoms with Crippen molar-refractivity contribution in [1.82, 2.24) is 20.0 Å². The van der Waals surface area contributed by atoms with Crippen LogP contribution in [0.25, 0.3) is 0 Å². The van der Waals surface area contributed by atoms with E-state index in [0.717, 1.165) is 83.4 Å². The Morgan fingerprint density at radius 2 is 1.65 bits per heavy atom. The van der Waals surface area contributed by atoms with Gasteiger partial charge in [-0.25, -0.2) is 4.79 Å². The third-order valence-corrected chi connectivity index (χ3v) is 11.4. The molecule has 1 spiro atoms. The summed E-state index contributed by atoms with van der Waals surface area (Å²) in [6.45, 7) is 8.34. The third-order valence-electron chi connectivity index (χ3n) is 11.4. The number of hydrogen-bond donors (Lipinski definition) is 1. The smallest absolute Gasteiger partial charge is 0.381 e. The zero-order valence-electron chi connectivity index (χ0n) is 27.4. The molecule has 1 aliphatic carbocycles. The number of urea groups is 1.